The lowest BCUT2D eigenvalue weighted by atomic mass is 9.66. The Labute approximate surface area is 397 Å². The van der Waals surface area contributed by atoms with Crippen LogP contribution in [0.4, 0.5) is 0 Å². The Morgan fingerprint density at radius 1 is 0.449 bits per heavy atom. The minimum Gasteiger partial charge on any atom is -0.456 e. The maximum Gasteiger partial charge on any atom is 0.137 e. The van der Waals surface area contributed by atoms with Gasteiger partial charge in [0, 0.05) is 55.2 Å². The average molecular weight is 887 g/mol. The topological polar surface area (TPSA) is 83.7 Å². The van der Waals surface area contributed by atoms with Gasteiger partial charge in [-0.2, -0.15) is 10.5 Å². The molecule has 0 N–H and O–H groups in total. The number of nitriles is 2. The average Bonchev–Trinajstić information content (AvgIpc) is 4.12. The molecule has 1 unspecified atom stereocenters. The van der Waals surface area contributed by atoms with E-state index >= 15 is 0 Å². The third kappa shape index (κ3) is 5.52. The van der Waals surface area contributed by atoms with E-state index in [1.54, 1.807) is 0 Å². The molecule has 0 saturated heterocycles. The van der Waals surface area contributed by atoms with E-state index in [2.05, 4.69) is 176 Å². The standard InChI is InChI=1S/C63H42N4O2/c1-36-26-27-63(2,3)60-59(36)61(66-51-24-22-39(37-14-6-4-7-15-37)28-43(51)45-30-47-41-18-10-12-20-55(41)68-57(47)32-53(45)66)49(34-64)50(35-65)62(60)67-52-25-23-40(38-16-8-5-9-17-38)29-44(52)46-31-48-42-19-11-13-21-56(42)69-58(48)33-54(46)67/h4-25,28-33,36H,26-27H2,1-3H3. The van der Waals surface area contributed by atoms with E-state index in [1.807, 2.05) is 36.4 Å². The van der Waals surface area contributed by atoms with Gasteiger partial charge in [-0.15, -0.1) is 0 Å². The smallest absolute Gasteiger partial charge is 0.137 e. The maximum absolute atomic E-state index is 11.8. The van der Waals surface area contributed by atoms with Crippen molar-refractivity contribution in [3.63, 3.8) is 0 Å². The van der Waals surface area contributed by atoms with Crippen LogP contribution in [0.15, 0.2) is 179 Å². The lowest BCUT2D eigenvalue weighted by molar-refractivity contribution is 0.401. The number of para-hydroxylation sites is 2. The summed E-state index contributed by atoms with van der Waals surface area (Å²) in [5.41, 5.74) is 15.4. The first-order valence-electron chi connectivity index (χ1n) is 23.7. The Kier molecular flexibility index (Phi) is 8.17. The molecule has 6 heteroatoms. The molecule has 14 rings (SSSR count). The first-order chi connectivity index (χ1) is 33.8. The van der Waals surface area contributed by atoms with Crippen LogP contribution in [0, 0.1) is 22.7 Å². The second-order valence-corrected chi connectivity index (χ2v) is 19.6. The summed E-state index contributed by atoms with van der Waals surface area (Å²) in [6.45, 7) is 6.92. The highest BCUT2D eigenvalue weighted by atomic mass is 16.3. The van der Waals surface area contributed by atoms with E-state index in [0.29, 0.717) is 11.1 Å². The second kappa shape index (κ2) is 14.3. The van der Waals surface area contributed by atoms with E-state index in [1.165, 1.54) is 0 Å². The molecule has 0 amide bonds. The normalized spacial score (nSPS) is 14.7. The van der Waals surface area contributed by atoms with Gasteiger partial charge in [0.05, 0.1) is 44.6 Å². The van der Waals surface area contributed by atoms with Crippen LogP contribution in [0.2, 0.25) is 0 Å². The highest BCUT2D eigenvalue weighted by Crippen LogP contribution is 2.53. The summed E-state index contributed by atoms with van der Waals surface area (Å²) in [6.07, 6.45) is 1.82. The van der Waals surface area contributed by atoms with Crippen molar-refractivity contribution in [2.75, 3.05) is 0 Å². The first-order valence-corrected chi connectivity index (χ1v) is 23.7. The van der Waals surface area contributed by atoms with Crippen molar-refractivity contribution in [3.8, 4) is 45.8 Å². The molecule has 326 valence electrons. The molecular formula is C63H42N4O2. The number of hydrogen-bond acceptors (Lipinski definition) is 4. The van der Waals surface area contributed by atoms with Gasteiger partial charge in [0.15, 0.2) is 0 Å². The fourth-order valence-corrected chi connectivity index (χ4v) is 12.0. The number of aromatic nitrogens is 2. The minimum atomic E-state index is -0.396. The van der Waals surface area contributed by atoms with Crippen LogP contribution in [-0.2, 0) is 5.41 Å². The maximum atomic E-state index is 11.8. The molecule has 0 saturated carbocycles. The lowest BCUT2D eigenvalue weighted by Crippen LogP contribution is -2.30. The van der Waals surface area contributed by atoms with Crippen LogP contribution in [-0.4, -0.2) is 9.13 Å². The third-order valence-electron chi connectivity index (χ3n) is 15.3. The zero-order chi connectivity index (χ0) is 46.3. The van der Waals surface area contributed by atoms with E-state index in [-0.39, 0.29) is 5.92 Å². The van der Waals surface area contributed by atoms with Gasteiger partial charge in [-0.1, -0.05) is 130 Å². The first kappa shape index (κ1) is 39.3. The van der Waals surface area contributed by atoms with Crippen molar-refractivity contribution >= 4 is 87.5 Å². The molecule has 13 aromatic rings. The largest absolute Gasteiger partial charge is 0.456 e. The number of hydrogen-bond donors (Lipinski definition) is 0. The van der Waals surface area contributed by atoms with Crippen LogP contribution in [0.3, 0.4) is 0 Å². The van der Waals surface area contributed by atoms with Crippen molar-refractivity contribution in [1.82, 2.24) is 9.13 Å². The van der Waals surface area contributed by atoms with Gasteiger partial charge in [0.1, 0.15) is 34.5 Å². The van der Waals surface area contributed by atoms with Crippen LogP contribution >= 0.6 is 0 Å². The molecule has 9 aromatic carbocycles. The van der Waals surface area contributed by atoms with Crippen LogP contribution < -0.4 is 0 Å². The van der Waals surface area contributed by atoms with E-state index in [4.69, 9.17) is 8.83 Å². The van der Waals surface area contributed by atoms with Crippen molar-refractivity contribution < 1.29 is 8.83 Å². The summed E-state index contributed by atoms with van der Waals surface area (Å²) in [4.78, 5) is 0. The van der Waals surface area contributed by atoms with Gasteiger partial charge in [-0.05, 0) is 106 Å². The molecular weight excluding hydrogens is 845 g/mol. The number of nitrogens with zero attached hydrogens (tertiary/aromatic N) is 4. The lowest BCUT2D eigenvalue weighted by Gasteiger charge is -2.40. The summed E-state index contributed by atoms with van der Waals surface area (Å²) < 4.78 is 17.8. The zero-order valence-electron chi connectivity index (χ0n) is 38.3. The monoisotopic (exact) mass is 886 g/mol. The van der Waals surface area contributed by atoms with Crippen molar-refractivity contribution in [2.45, 2.75) is 44.9 Å². The summed E-state index contributed by atoms with van der Waals surface area (Å²) in [5.74, 6) is 0.0486. The van der Waals surface area contributed by atoms with E-state index < -0.39 is 5.41 Å². The predicted molar refractivity (Wildman–Crippen MR) is 281 cm³/mol. The molecule has 0 bridgehead atoms. The van der Waals surface area contributed by atoms with Crippen molar-refractivity contribution in [1.29, 1.82) is 10.5 Å². The highest BCUT2D eigenvalue weighted by Gasteiger charge is 2.41. The molecule has 1 aliphatic carbocycles. The van der Waals surface area contributed by atoms with Gasteiger partial charge in [0.2, 0.25) is 0 Å². The van der Waals surface area contributed by atoms with Crippen LogP contribution in [0.25, 0.3) is 121 Å². The molecule has 0 radical (unpaired) electrons. The molecule has 0 fully saturated rings. The van der Waals surface area contributed by atoms with E-state index in [9.17, 15) is 10.5 Å². The van der Waals surface area contributed by atoms with Gasteiger partial charge >= 0.3 is 0 Å². The number of rotatable bonds is 4. The molecule has 69 heavy (non-hydrogen) atoms. The van der Waals surface area contributed by atoms with Gasteiger partial charge in [-0.25, -0.2) is 0 Å². The third-order valence-corrected chi connectivity index (χ3v) is 15.3. The Hall–Kier alpha value is -8.84. The fourth-order valence-electron chi connectivity index (χ4n) is 12.0. The summed E-state index contributed by atoms with van der Waals surface area (Å²) in [5, 5.41) is 32.1. The molecule has 0 spiro atoms. The van der Waals surface area contributed by atoms with Gasteiger partial charge in [-0.3, -0.25) is 0 Å². The van der Waals surface area contributed by atoms with E-state index in [0.717, 1.165) is 145 Å². The highest BCUT2D eigenvalue weighted by molar-refractivity contribution is 6.20. The van der Waals surface area contributed by atoms with Crippen molar-refractivity contribution in [2.24, 2.45) is 0 Å². The molecule has 4 heterocycles. The number of benzene rings is 9. The summed E-state index contributed by atoms with van der Waals surface area (Å²) in [7, 11) is 0. The molecule has 1 aliphatic rings. The SMILES string of the molecule is CC1CCC(C)(C)c2c1c(-n1c3ccc(-c4ccccc4)cc3c3cc4c(cc31)oc1ccccc14)c(C#N)c(C#N)c2-n1c2ccc(-c3ccccc3)cc2c2cc3c(cc21)oc1ccccc13. The molecule has 6 nitrogen and oxygen atoms in total. The number of fused-ring (bicyclic) bond motifs is 13. The molecule has 0 aliphatic heterocycles. The molecule has 1 atom stereocenters. The van der Waals surface area contributed by atoms with Gasteiger partial charge in [0.25, 0.3) is 0 Å². The number of furan rings is 2. The fraction of sp³-hybridized carbons (Fsp3) is 0.111. The quantitative estimate of drug-likeness (QED) is 0.176. The Balaban J connectivity index is 1.15. The van der Waals surface area contributed by atoms with Gasteiger partial charge < -0.3 is 18.0 Å². The summed E-state index contributed by atoms with van der Waals surface area (Å²) >= 11 is 0. The summed E-state index contributed by atoms with van der Waals surface area (Å²) in [6, 6.07) is 64.9. The Bertz CT molecular complexity index is 4430. The minimum absolute atomic E-state index is 0.0486. The van der Waals surface area contributed by atoms with Crippen molar-refractivity contribution in [3.05, 3.63) is 192 Å². The predicted octanol–water partition coefficient (Wildman–Crippen LogP) is 16.9. The Morgan fingerprint density at radius 3 is 1.41 bits per heavy atom. The second-order valence-electron chi connectivity index (χ2n) is 19.6. The zero-order valence-corrected chi connectivity index (χ0v) is 38.3. The van der Waals surface area contributed by atoms with Crippen LogP contribution in [0.5, 0.6) is 0 Å². The Morgan fingerprint density at radius 2 is 0.899 bits per heavy atom. The van der Waals surface area contributed by atoms with Crippen LogP contribution in [0.1, 0.15) is 61.8 Å². The molecule has 4 aromatic heterocycles.